The van der Waals surface area contributed by atoms with Crippen LogP contribution in [0, 0.1) is 0 Å². The number of aliphatic hydroxyl groups is 1. The maximum absolute atomic E-state index is 11.5. The van der Waals surface area contributed by atoms with Gasteiger partial charge in [0.15, 0.2) is 0 Å². The fourth-order valence-corrected chi connectivity index (χ4v) is 1.10. The van der Waals surface area contributed by atoms with E-state index in [1.165, 1.54) is 0 Å². The zero-order valence-electron chi connectivity index (χ0n) is 9.18. The zero-order valence-corrected chi connectivity index (χ0v) is 9.18. The SMILES string of the molecule is CC(O)CCC(=O)N(CC(N)=O)CC(N)=O. The highest BCUT2D eigenvalue weighted by Crippen LogP contribution is 2.01. The van der Waals surface area contributed by atoms with E-state index in [0.29, 0.717) is 0 Å². The van der Waals surface area contributed by atoms with Crippen molar-refractivity contribution in [3.05, 3.63) is 0 Å². The van der Waals surface area contributed by atoms with Crippen LogP contribution in [-0.2, 0) is 14.4 Å². The Morgan fingerprint density at radius 2 is 1.62 bits per heavy atom. The molecule has 0 aliphatic rings. The first-order valence-corrected chi connectivity index (χ1v) is 4.85. The molecule has 92 valence electrons. The molecule has 0 aliphatic carbocycles. The molecule has 16 heavy (non-hydrogen) atoms. The highest BCUT2D eigenvalue weighted by Gasteiger charge is 2.17. The van der Waals surface area contributed by atoms with Crippen molar-refractivity contribution < 1.29 is 19.5 Å². The highest BCUT2D eigenvalue weighted by atomic mass is 16.3. The van der Waals surface area contributed by atoms with Gasteiger partial charge in [0.25, 0.3) is 0 Å². The molecule has 7 heteroatoms. The zero-order chi connectivity index (χ0) is 12.7. The average molecular weight is 231 g/mol. The Hall–Kier alpha value is -1.63. The van der Waals surface area contributed by atoms with Gasteiger partial charge in [-0.3, -0.25) is 14.4 Å². The summed E-state index contributed by atoms with van der Waals surface area (Å²) >= 11 is 0. The van der Waals surface area contributed by atoms with Crippen molar-refractivity contribution >= 4 is 17.7 Å². The van der Waals surface area contributed by atoms with E-state index in [9.17, 15) is 14.4 Å². The number of hydrogen-bond acceptors (Lipinski definition) is 4. The molecule has 0 rings (SSSR count). The molecule has 0 saturated carbocycles. The Kier molecular flexibility index (Phi) is 6.09. The summed E-state index contributed by atoms with van der Waals surface area (Å²) in [6.45, 7) is 0.850. The summed E-state index contributed by atoms with van der Waals surface area (Å²) in [5.74, 6) is -1.86. The maximum Gasteiger partial charge on any atom is 0.237 e. The van der Waals surface area contributed by atoms with Crippen LogP contribution in [0.3, 0.4) is 0 Å². The summed E-state index contributed by atoms with van der Waals surface area (Å²) in [7, 11) is 0. The molecular formula is C9H17N3O4. The molecule has 0 aliphatic heterocycles. The lowest BCUT2D eigenvalue weighted by Gasteiger charge is -2.19. The number of aliphatic hydroxyl groups excluding tert-OH is 1. The van der Waals surface area contributed by atoms with E-state index in [1.807, 2.05) is 0 Å². The molecule has 0 aromatic heterocycles. The lowest BCUT2D eigenvalue weighted by molar-refractivity contribution is -0.138. The van der Waals surface area contributed by atoms with Gasteiger partial charge in [-0.15, -0.1) is 0 Å². The van der Waals surface area contributed by atoms with Crippen molar-refractivity contribution in [1.29, 1.82) is 0 Å². The van der Waals surface area contributed by atoms with Crippen LogP contribution in [-0.4, -0.2) is 46.9 Å². The molecule has 0 aromatic carbocycles. The number of rotatable bonds is 7. The molecule has 5 N–H and O–H groups in total. The third kappa shape index (κ3) is 6.77. The molecule has 1 atom stereocenters. The monoisotopic (exact) mass is 231 g/mol. The summed E-state index contributed by atoms with van der Waals surface area (Å²) in [4.78, 5) is 33.8. The second-order valence-corrected chi connectivity index (χ2v) is 3.57. The smallest absolute Gasteiger partial charge is 0.237 e. The van der Waals surface area contributed by atoms with Crippen molar-refractivity contribution in [2.75, 3.05) is 13.1 Å². The lowest BCUT2D eigenvalue weighted by atomic mass is 10.2. The quantitative estimate of drug-likeness (QED) is 0.466. The average Bonchev–Trinajstić information content (AvgIpc) is 2.11. The van der Waals surface area contributed by atoms with Crippen molar-refractivity contribution in [2.24, 2.45) is 11.5 Å². The van der Waals surface area contributed by atoms with Gasteiger partial charge in [-0.2, -0.15) is 0 Å². The molecule has 7 nitrogen and oxygen atoms in total. The van der Waals surface area contributed by atoms with Gasteiger partial charge in [0, 0.05) is 6.42 Å². The van der Waals surface area contributed by atoms with E-state index in [2.05, 4.69) is 0 Å². The predicted octanol–water partition coefficient (Wildman–Crippen LogP) is -2.05. The molecule has 0 spiro atoms. The van der Waals surface area contributed by atoms with Crippen LogP contribution in [0.1, 0.15) is 19.8 Å². The first kappa shape index (κ1) is 14.4. The van der Waals surface area contributed by atoms with Crippen LogP contribution < -0.4 is 11.5 Å². The minimum atomic E-state index is -0.716. The molecule has 0 aromatic rings. The Labute approximate surface area is 93.4 Å². The molecule has 0 heterocycles. The second-order valence-electron chi connectivity index (χ2n) is 3.57. The van der Waals surface area contributed by atoms with Crippen LogP contribution in [0.2, 0.25) is 0 Å². The largest absolute Gasteiger partial charge is 0.393 e. The van der Waals surface area contributed by atoms with E-state index in [0.717, 1.165) is 4.90 Å². The van der Waals surface area contributed by atoms with Crippen LogP contribution >= 0.6 is 0 Å². The van der Waals surface area contributed by atoms with Crippen molar-refractivity contribution in [3.8, 4) is 0 Å². The van der Waals surface area contributed by atoms with E-state index >= 15 is 0 Å². The van der Waals surface area contributed by atoms with E-state index in [1.54, 1.807) is 6.92 Å². The van der Waals surface area contributed by atoms with Gasteiger partial charge >= 0.3 is 0 Å². The van der Waals surface area contributed by atoms with Gasteiger partial charge < -0.3 is 21.5 Å². The Morgan fingerprint density at radius 3 is 1.94 bits per heavy atom. The van der Waals surface area contributed by atoms with E-state index in [4.69, 9.17) is 16.6 Å². The molecule has 3 amide bonds. The van der Waals surface area contributed by atoms with Gasteiger partial charge in [0.05, 0.1) is 19.2 Å². The number of carbonyl (C=O) groups is 3. The maximum atomic E-state index is 11.5. The molecule has 0 fully saturated rings. The molecule has 0 radical (unpaired) electrons. The number of primary amides is 2. The van der Waals surface area contributed by atoms with Gasteiger partial charge in [-0.25, -0.2) is 0 Å². The number of nitrogens with two attached hydrogens (primary N) is 2. The first-order chi connectivity index (χ1) is 7.32. The third-order valence-electron chi connectivity index (χ3n) is 1.82. The Bertz CT molecular complexity index is 262. The van der Waals surface area contributed by atoms with Gasteiger partial charge in [0.2, 0.25) is 17.7 Å². The molecule has 0 bridgehead atoms. The minimum Gasteiger partial charge on any atom is -0.393 e. The molecule has 0 saturated heterocycles. The summed E-state index contributed by atoms with van der Waals surface area (Å²) in [5.41, 5.74) is 9.86. The van der Waals surface area contributed by atoms with Crippen LogP contribution in [0.15, 0.2) is 0 Å². The Morgan fingerprint density at radius 1 is 1.19 bits per heavy atom. The summed E-state index contributed by atoms with van der Waals surface area (Å²) < 4.78 is 0. The topological polar surface area (TPSA) is 127 Å². The predicted molar refractivity (Wildman–Crippen MR) is 55.9 cm³/mol. The second kappa shape index (κ2) is 6.78. The van der Waals surface area contributed by atoms with Crippen LogP contribution in [0.25, 0.3) is 0 Å². The first-order valence-electron chi connectivity index (χ1n) is 4.85. The van der Waals surface area contributed by atoms with E-state index in [-0.39, 0.29) is 25.9 Å². The number of nitrogens with zero attached hydrogens (tertiary/aromatic N) is 1. The summed E-state index contributed by atoms with van der Waals surface area (Å²) in [6.07, 6.45) is -0.321. The van der Waals surface area contributed by atoms with Gasteiger partial charge in [0.1, 0.15) is 0 Å². The minimum absolute atomic E-state index is 0.0399. The Balaban J connectivity index is 4.31. The van der Waals surface area contributed by atoms with Gasteiger partial charge in [-0.1, -0.05) is 0 Å². The number of amides is 3. The standard InChI is InChI=1S/C9H17N3O4/c1-6(13)2-3-9(16)12(4-7(10)14)5-8(11)15/h6,13H,2-5H2,1H3,(H2,10,14)(H2,11,15). The van der Waals surface area contributed by atoms with Crippen molar-refractivity contribution in [2.45, 2.75) is 25.9 Å². The van der Waals surface area contributed by atoms with E-state index < -0.39 is 23.8 Å². The lowest BCUT2D eigenvalue weighted by Crippen LogP contribution is -2.43. The highest BCUT2D eigenvalue weighted by molar-refractivity contribution is 5.88. The number of carbonyl (C=O) groups excluding carboxylic acids is 3. The summed E-state index contributed by atoms with van der Waals surface area (Å²) in [6, 6.07) is 0. The summed E-state index contributed by atoms with van der Waals surface area (Å²) in [5, 5.41) is 8.99. The van der Waals surface area contributed by atoms with Gasteiger partial charge in [-0.05, 0) is 13.3 Å². The molecular weight excluding hydrogens is 214 g/mol. The third-order valence-corrected chi connectivity index (χ3v) is 1.82. The van der Waals surface area contributed by atoms with Crippen molar-refractivity contribution in [1.82, 2.24) is 4.90 Å². The molecule has 1 unspecified atom stereocenters. The fraction of sp³-hybridized carbons (Fsp3) is 0.667. The number of hydrogen-bond donors (Lipinski definition) is 3. The van der Waals surface area contributed by atoms with Crippen molar-refractivity contribution in [3.63, 3.8) is 0 Å². The fourth-order valence-electron chi connectivity index (χ4n) is 1.10. The van der Waals surface area contributed by atoms with Crippen LogP contribution in [0.4, 0.5) is 0 Å². The normalized spacial score (nSPS) is 11.9. The van der Waals surface area contributed by atoms with Crippen LogP contribution in [0.5, 0.6) is 0 Å².